The zero-order valence-electron chi connectivity index (χ0n) is 9.41. The standard InChI is InChI=1S/C13H11ClF2N2/c14-10-2-1-5-18-13(10)12(17)6-8-3-4-9(15)7-11(8)16/h1-5,7,12H,6,17H2. The quantitative estimate of drug-likeness (QED) is 0.928. The van der Waals surface area contributed by atoms with E-state index in [1.165, 1.54) is 12.1 Å². The fraction of sp³-hybridized carbons (Fsp3) is 0.154. The van der Waals surface area contributed by atoms with Gasteiger partial charge in [0.25, 0.3) is 0 Å². The van der Waals surface area contributed by atoms with Gasteiger partial charge in [0, 0.05) is 12.3 Å². The maximum absolute atomic E-state index is 13.5. The smallest absolute Gasteiger partial charge is 0.129 e. The predicted molar refractivity (Wildman–Crippen MR) is 66.2 cm³/mol. The van der Waals surface area contributed by atoms with Crippen LogP contribution in [0.3, 0.4) is 0 Å². The van der Waals surface area contributed by atoms with Gasteiger partial charge in [-0.1, -0.05) is 17.7 Å². The maximum Gasteiger partial charge on any atom is 0.129 e. The van der Waals surface area contributed by atoms with E-state index >= 15 is 0 Å². The minimum Gasteiger partial charge on any atom is -0.322 e. The highest BCUT2D eigenvalue weighted by molar-refractivity contribution is 6.31. The number of benzene rings is 1. The van der Waals surface area contributed by atoms with Crippen molar-refractivity contribution < 1.29 is 8.78 Å². The van der Waals surface area contributed by atoms with Crippen LogP contribution in [-0.2, 0) is 6.42 Å². The summed E-state index contributed by atoms with van der Waals surface area (Å²) in [5.74, 6) is -1.22. The fourth-order valence-corrected chi connectivity index (χ4v) is 1.95. The molecule has 2 rings (SSSR count). The molecule has 0 radical (unpaired) electrons. The first kappa shape index (κ1) is 12.9. The molecule has 0 spiro atoms. The second kappa shape index (κ2) is 5.42. The molecule has 1 aromatic heterocycles. The van der Waals surface area contributed by atoms with Crippen molar-refractivity contribution in [2.24, 2.45) is 5.73 Å². The molecule has 1 atom stereocenters. The molecule has 1 unspecified atom stereocenters. The number of nitrogens with two attached hydrogens (primary N) is 1. The van der Waals surface area contributed by atoms with E-state index in [0.717, 1.165) is 6.07 Å². The number of aromatic nitrogens is 1. The van der Waals surface area contributed by atoms with Gasteiger partial charge in [-0.3, -0.25) is 4.98 Å². The van der Waals surface area contributed by atoms with Crippen molar-refractivity contribution in [3.05, 3.63) is 64.4 Å². The molecule has 2 N–H and O–H groups in total. The van der Waals surface area contributed by atoms with Crippen LogP contribution in [0, 0.1) is 11.6 Å². The van der Waals surface area contributed by atoms with Crippen LogP contribution >= 0.6 is 11.6 Å². The lowest BCUT2D eigenvalue weighted by atomic mass is 10.0. The van der Waals surface area contributed by atoms with E-state index in [-0.39, 0.29) is 6.42 Å². The number of pyridine rings is 1. The minimum atomic E-state index is -0.613. The summed E-state index contributed by atoms with van der Waals surface area (Å²) in [6.45, 7) is 0. The minimum absolute atomic E-state index is 0.211. The van der Waals surface area contributed by atoms with Crippen molar-refractivity contribution in [3.8, 4) is 0 Å². The van der Waals surface area contributed by atoms with Crippen molar-refractivity contribution in [1.82, 2.24) is 4.98 Å². The van der Waals surface area contributed by atoms with E-state index in [9.17, 15) is 8.78 Å². The van der Waals surface area contributed by atoms with Gasteiger partial charge in [0.15, 0.2) is 0 Å². The normalized spacial score (nSPS) is 12.4. The van der Waals surface area contributed by atoms with E-state index in [1.807, 2.05) is 0 Å². The van der Waals surface area contributed by atoms with Crippen LogP contribution in [0.4, 0.5) is 8.78 Å². The molecule has 1 aromatic carbocycles. The average molecular weight is 269 g/mol. The molecule has 2 nitrogen and oxygen atoms in total. The lowest BCUT2D eigenvalue weighted by Crippen LogP contribution is -2.16. The molecule has 0 bridgehead atoms. The lowest BCUT2D eigenvalue weighted by molar-refractivity contribution is 0.561. The second-order valence-electron chi connectivity index (χ2n) is 3.92. The fourth-order valence-electron chi connectivity index (χ4n) is 1.69. The van der Waals surface area contributed by atoms with Crippen LogP contribution in [0.25, 0.3) is 0 Å². The van der Waals surface area contributed by atoms with Crippen LogP contribution in [0.15, 0.2) is 36.5 Å². The van der Waals surface area contributed by atoms with E-state index in [4.69, 9.17) is 17.3 Å². The molecule has 5 heteroatoms. The van der Waals surface area contributed by atoms with Gasteiger partial charge in [-0.2, -0.15) is 0 Å². The van der Waals surface area contributed by atoms with E-state index in [1.54, 1.807) is 18.3 Å². The largest absolute Gasteiger partial charge is 0.322 e. The Morgan fingerprint density at radius 1 is 1.28 bits per heavy atom. The third-order valence-electron chi connectivity index (χ3n) is 2.59. The van der Waals surface area contributed by atoms with E-state index in [2.05, 4.69) is 4.98 Å². The van der Waals surface area contributed by atoms with Crippen LogP contribution in [0.2, 0.25) is 5.02 Å². The molecule has 0 aliphatic carbocycles. The molecule has 18 heavy (non-hydrogen) atoms. The second-order valence-corrected chi connectivity index (χ2v) is 4.32. The van der Waals surface area contributed by atoms with Crippen LogP contribution in [0.1, 0.15) is 17.3 Å². The van der Waals surface area contributed by atoms with E-state index in [0.29, 0.717) is 16.3 Å². The summed E-state index contributed by atoms with van der Waals surface area (Å²) in [5, 5.41) is 0.438. The van der Waals surface area contributed by atoms with Crippen LogP contribution in [0.5, 0.6) is 0 Å². The van der Waals surface area contributed by atoms with Crippen LogP contribution < -0.4 is 5.73 Å². The van der Waals surface area contributed by atoms with Crippen molar-refractivity contribution in [1.29, 1.82) is 0 Å². The molecule has 0 fully saturated rings. The lowest BCUT2D eigenvalue weighted by Gasteiger charge is -2.13. The number of hydrogen-bond donors (Lipinski definition) is 1. The maximum atomic E-state index is 13.5. The SMILES string of the molecule is NC(Cc1ccc(F)cc1F)c1ncccc1Cl. The Morgan fingerprint density at radius 2 is 2.06 bits per heavy atom. The molecule has 2 aromatic rings. The van der Waals surface area contributed by atoms with Crippen molar-refractivity contribution in [3.63, 3.8) is 0 Å². The summed E-state index contributed by atoms with van der Waals surface area (Å²) >= 11 is 5.95. The van der Waals surface area contributed by atoms with Crippen LogP contribution in [-0.4, -0.2) is 4.98 Å². The summed E-state index contributed by atoms with van der Waals surface area (Å²) in [4.78, 5) is 4.07. The summed E-state index contributed by atoms with van der Waals surface area (Å²) in [7, 11) is 0. The Hall–Kier alpha value is -1.52. The highest BCUT2D eigenvalue weighted by Gasteiger charge is 2.14. The first-order chi connectivity index (χ1) is 8.58. The third-order valence-corrected chi connectivity index (χ3v) is 2.91. The average Bonchev–Trinajstić information content (AvgIpc) is 2.33. The summed E-state index contributed by atoms with van der Waals surface area (Å²) in [6.07, 6.45) is 1.78. The predicted octanol–water partition coefficient (Wildman–Crippen LogP) is 3.26. The highest BCUT2D eigenvalue weighted by Crippen LogP contribution is 2.22. The summed E-state index contributed by atoms with van der Waals surface area (Å²) in [6, 6.07) is 6.25. The zero-order chi connectivity index (χ0) is 13.1. The number of nitrogens with zero attached hydrogens (tertiary/aromatic N) is 1. The molecule has 0 amide bonds. The molecular formula is C13H11ClF2N2. The third kappa shape index (κ3) is 2.83. The molecule has 0 aliphatic rings. The summed E-state index contributed by atoms with van der Waals surface area (Å²) < 4.78 is 26.2. The van der Waals surface area contributed by atoms with Gasteiger partial charge in [0.1, 0.15) is 11.6 Å². The van der Waals surface area contributed by atoms with Crippen molar-refractivity contribution in [2.75, 3.05) is 0 Å². The monoisotopic (exact) mass is 268 g/mol. The van der Waals surface area contributed by atoms with Crippen molar-refractivity contribution >= 4 is 11.6 Å². The molecule has 1 heterocycles. The first-order valence-electron chi connectivity index (χ1n) is 5.38. The van der Waals surface area contributed by atoms with Gasteiger partial charge < -0.3 is 5.73 Å². The Kier molecular flexibility index (Phi) is 3.89. The molecule has 0 saturated carbocycles. The van der Waals surface area contributed by atoms with Gasteiger partial charge in [0.05, 0.1) is 16.8 Å². The van der Waals surface area contributed by atoms with Crippen molar-refractivity contribution in [2.45, 2.75) is 12.5 Å². The van der Waals surface area contributed by atoms with Gasteiger partial charge >= 0.3 is 0 Å². The van der Waals surface area contributed by atoms with Gasteiger partial charge in [0.2, 0.25) is 0 Å². The number of halogens is 3. The Balaban J connectivity index is 2.21. The molecule has 94 valence electrons. The van der Waals surface area contributed by atoms with Gasteiger partial charge in [-0.05, 0) is 30.2 Å². The topological polar surface area (TPSA) is 38.9 Å². The summed E-state index contributed by atoms with van der Waals surface area (Å²) in [5.41, 5.74) is 6.77. The Labute approximate surface area is 108 Å². The Bertz CT molecular complexity index is 560. The van der Waals surface area contributed by atoms with Gasteiger partial charge in [-0.15, -0.1) is 0 Å². The number of hydrogen-bond acceptors (Lipinski definition) is 2. The first-order valence-corrected chi connectivity index (χ1v) is 5.75. The van der Waals surface area contributed by atoms with E-state index < -0.39 is 17.7 Å². The molecular weight excluding hydrogens is 258 g/mol. The highest BCUT2D eigenvalue weighted by atomic mass is 35.5. The number of rotatable bonds is 3. The molecule has 0 aliphatic heterocycles. The Morgan fingerprint density at radius 3 is 2.72 bits per heavy atom. The molecule has 0 saturated heterocycles. The van der Waals surface area contributed by atoms with Gasteiger partial charge in [-0.25, -0.2) is 8.78 Å². The zero-order valence-corrected chi connectivity index (χ0v) is 10.2.